The highest BCUT2D eigenvalue weighted by Crippen LogP contribution is 2.20. The Hall–Kier alpha value is -3.36. The molecule has 0 atom stereocenters. The smallest absolute Gasteiger partial charge is 0.258 e. The first kappa shape index (κ1) is 24.3. The molecule has 7 nitrogen and oxygen atoms in total. The van der Waals surface area contributed by atoms with Crippen LogP contribution in [0.25, 0.3) is 0 Å². The van der Waals surface area contributed by atoms with Crippen LogP contribution < -0.4 is 15.4 Å². The first-order valence-corrected chi connectivity index (χ1v) is 12.3. The number of para-hydroxylation sites is 1. The third-order valence-electron chi connectivity index (χ3n) is 5.04. The van der Waals surface area contributed by atoms with Gasteiger partial charge >= 0.3 is 0 Å². The van der Waals surface area contributed by atoms with Crippen LogP contribution in [0.1, 0.15) is 19.4 Å². The van der Waals surface area contributed by atoms with Gasteiger partial charge in [-0.05, 0) is 54.1 Å². The number of sulfonamides is 1. The fraction of sp³-hybridized carbons (Fsp3) is 0.240. The molecule has 1 amide bonds. The van der Waals surface area contributed by atoms with E-state index in [1.807, 2.05) is 56.3 Å². The van der Waals surface area contributed by atoms with Crippen molar-refractivity contribution in [1.29, 1.82) is 0 Å². The van der Waals surface area contributed by atoms with E-state index in [1.54, 1.807) is 36.4 Å². The third-order valence-corrected chi connectivity index (χ3v) is 7.11. The van der Waals surface area contributed by atoms with Gasteiger partial charge in [-0.3, -0.25) is 4.79 Å². The topological polar surface area (TPSA) is 87.7 Å². The van der Waals surface area contributed by atoms with E-state index in [-0.39, 0.29) is 24.0 Å². The van der Waals surface area contributed by atoms with Crippen molar-refractivity contribution in [2.75, 3.05) is 25.0 Å². The summed E-state index contributed by atoms with van der Waals surface area (Å²) in [5.41, 5.74) is 2.71. The lowest BCUT2D eigenvalue weighted by Crippen LogP contribution is -2.30. The second kappa shape index (κ2) is 11.5. The summed E-state index contributed by atoms with van der Waals surface area (Å²) >= 11 is 0. The molecule has 0 saturated heterocycles. The van der Waals surface area contributed by atoms with Crippen LogP contribution in [0.2, 0.25) is 0 Å². The molecule has 0 unspecified atom stereocenters. The summed E-state index contributed by atoms with van der Waals surface area (Å²) < 4.78 is 32.0. The predicted molar refractivity (Wildman–Crippen MR) is 130 cm³/mol. The maximum atomic E-state index is 12.5. The molecule has 0 aliphatic rings. The number of nitrogens with one attached hydrogen (secondary N) is 2. The highest BCUT2D eigenvalue weighted by Gasteiger charge is 2.21. The Balaban J connectivity index is 1.46. The van der Waals surface area contributed by atoms with E-state index in [0.29, 0.717) is 18.8 Å². The van der Waals surface area contributed by atoms with Gasteiger partial charge < -0.3 is 15.4 Å². The first-order chi connectivity index (χ1) is 15.9. The zero-order valence-corrected chi connectivity index (χ0v) is 19.6. The van der Waals surface area contributed by atoms with E-state index < -0.39 is 10.0 Å². The van der Waals surface area contributed by atoms with Crippen LogP contribution in [0.5, 0.6) is 5.75 Å². The molecule has 0 radical (unpaired) electrons. The van der Waals surface area contributed by atoms with Crippen LogP contribution in [0.15, 0.2) is 83.8 Å². The van der Waals surface area contributed by atoms with Gasteiger partial charge in [0, 0.05) is 31.0 Å². The fourth-order valence-corrected chi connectivity index (χ4v) is 4.67. The minimum atomic E-state index is -3.49. The molecule has 0 aromatic heterocycles. The van der Waals surface area contributed by atoms with Gasteiger partial charge in [-0.2, -0.15) is 4.31 Å². The maximum Gasteiger partial charge on any atom is 0.258 e. The molecule has 0 aliphatic carbocycles. The molecule has 8 heteroatoms. The van der Waals surface area contributed by atoms with Crippen molar-refractivity contribution in [3.05, 3.63) is 84.4 Å². The Morgan fingerprint density at radius 1 is 0.848 bits per heavy atom. The standard InChI is InChI=1S/C25H29N3O4S/c1-3-28(4-2)33(30,31)24-16-10-20(11-17-24)18-26-25(29)19-32-23-14-12-22(13-15-23)27-21-8-6-5-7-9-21/h5-17,27H,3-4,18-19H2,1-2H3,(H,26,29). The number of benzene rings is 3. The molecule has 33 heavy (non-hydrogen) atoms. The summed E-state index contributed by atoms with van der Waals surface area (Å²) in [7, 11) is -3.49. The van der Waals surface area contributed by atoms with Crippen molar-refractivity contribution < 1.29 is 17.9 Å². The lowest BCUT2D eigenvalue weighted by molar-refractivity contribution is -0.123. The highest BCUT2D eigenvalue weighted by atomic mass is 32.2. The van der Waals surface area contributed by atoms with Gasteiger partial charge in [-0.1, -0.05) is 44.2 Å². The lowest BCUT2D eigenvalue weighted by Gasteiger charge is -2.18. The Morgan fingerprint density at radius 3 is 2.06 bits per heavy atom. The average Bonchev–Trinajstić information content (AvgIpc) is 2.84. The van der Waals surface area contributed by atoms with Crippen LogP contribution in [0, 0.1) is 0 Å². The molecule has 0 heterocycles. The largest absolute Gasteiger partial charge is 0.484 e. The molecule has 0 saturated carbocycles. The normalized spacial score (nSPS) is 11.2. The van der Waals surface area contributed by atoms with E-state index in [0.717, 1.165) is 16.9 Å². The van der Waals surface area contributed by atoms with E-state index in [9.17, 15) is 13.2 Å². The van der Waals surface area contributed by atoms with Crippen molar-refractivity contribution in [1.82, 2.24) is 9.62 Å². The van der Waals surface area contributed by atoms with E-state index >= 15 is 0 Å². The Labute approximate surface area is 195 Å². The molecule has 3 rings (SSSR count). The first-order valence-electron chi connectivity index (χ1n) is 10.8. The van der Waals surface area contributed by atoms with E-state index in [1.165, 1.54) is 4.31 Å². The maximum absolute atomic E-state index is 12.5. The SMILES string of the molecule is CCN(CC)S(=O)(=O)c1ccc(CNC(=O)COc2ccc(Nc3ccccc3)cc2)cc1. The number of rotatable bonds is 11. The number of carbonyl (C=O) groups excluding carboxylic acids is 1. The summed E-state index contributed by atoms with van der Waals surface area (Å²) in [6.07, 6.45) is 0. The monoisotopic (exact) mass is 467 g/mol. The van der Waals surface area contributed by atoms with Gasteiger partial charge in [0.1, 0.15) is 5.75 Å². The summed E-state index contributed by atoms with van der Waals surface area (Å²) in [5.74, 6) is 0.330. The van der Waals surface area contributed by atoms with Gasteiger partial charge in [-0.15, -0.1) is 0 Å². The molecule has 174 valence electrons. The summed E-state index contributed by atoms with van der Waals surface area (Å²) in [4.78, 5) is 12.4. The van der Waals surface area contributed by atoms with Gasteiger partial charge in [0.15, 0.2) is 6.61 Å². The minimum Gasteiger partial charge on any atom is -0.484 e. The number of hydrogen-bond acceptors (Lipinski definition) is 5. The van der Waals surface area contributed by atoms with Crippen molar-refractivity contribution in [2.24, 2.45) is 0 Å². The molecular weight excluding hydrogens is 438 g/mol. The molecule has 0 bridgehead atoms. The Bertz CT molecular complexity index is 1130. The van der Waals surface area contributed by atoms with Gasteiger partial charge in [-0.25, -0.2) is 8.42 Å². The van der Waals surface area contributed by atoms with Crippen LogP contribution >= 0.6 is 0 Å². The zero-order chi connectivity index (χ0) is 23.7. The summed E-state index contributed by atoms with van der Waals surface area (Å²) in [6, 6.07) is 23.7. The quantitative estimate of drug-likeness (QED) is 0.442. The van der Waals surface area contributed by atoms with E-state index in [4.69, 9.17) is 4.74 Å². The van der Waals surface area contributed by atoms with Gasteiger partial charge in [0.25, 0.3) is 5.91 Å². The highest BCUT2D eigenvalue weighted by molar-refractivity contribution is 7.89. The summed E-state index contributed by atoms with van der Waals surface area (Å²) in [5, 5.41) is 6.07. The zero-order valence-electron chi connectivity index (χ0n) is 18.8. The predicted octanol–water partition coefficient (Wildman–Crippen LogP) is 4.16. The molecule has 0 spiro atoms. The number of amides is 1. The molecule has 3 aromatic rings. The lowest BCUT2D eigenvalue weighted by atomic mass is 10.2. The molecule has 2 N–H and O–H groups in total. The van der Waals surface area contributed by atoms with Crippen molar-refractivity contribution in [3.8, 4) is 5.75 Å². The van der Waals surface area contributed by atoms with Crippen LogP contribution in [-0.4, -0.2) is 38.3 Å². The van der Waals surface area contributed by atoms with Gasteiger partial charge in [0.2, 0.25) is 10.0 Å². The third kappa shape index (κ3) is 6.81. The number of hydrogen-bond donors (Lipinski definition) is 2. The van der Waals surface area contributed by atoms with Crippen molar-refractivity contribution >= 4 is 27.3 Å². The number of anilines is 2. The van der Waals surface area contributed by atoms with Crippen LogP contribution in [0.3, 0.4) is 0 Å². The fourth-order valence-electron chi connectivity index (χ4n) is 3.22. The molecule has 0 fully saturated rings. The second-order valence-corrected chi connectivity index (χ2v) is 9.25. The minimum absolute atomic E-state index is 0.111. The molecule has 0 aliphatic heterocycles. The Kier molecular flexibility index (Phi) is 8.46. The number of carbonyl (C=O) groups is 1. The average molecular weight is 468 g/mol. The van der Waals surface area contributed by atoms with Crippen molar-refractivity contribution in [2.45, 2.75) is 25.3 Å². The Morgan fingerprint density at radius 2 is 1.45 bits per heavy atom. The van der Waals surface area contributed by atoms with Crippen LogP contribution in [0.4, 0.5) is 11.4 Å². The molecule has 3 aromatic carbocycles. The summed E-state index contributed by atoms with van der Waals surface area (Å²) in [6.45, 7) is 4.63. The molecular formula is C25H29N3O4S. The number of nitrogens with zero attached hydrogens (tertiary/aromatic N) is 1. The van der Waals surface area contributed by atoms with E-state index in [2.05, 4.69) is 10.6 Å². The van der Waals surface area contributed by atoms with Crippen molar-refractivity contribution in [3.63, 3.8) is 0 Å². The van der Waals surface area contributed by atoms with Gasteiger partial charge in [0.05, 0.1) is 4.90 Å². The second-order valence-electron chi connectivity index (χ2n) is 7.31. The number of ether oxygens (including phenoxy) is 1. The van der Waals surface area contributed by atoms with Crippen LogP contribution in [-0.2, 0) is 21.4 Å².